The highest BCUT2D eigenvalue weighted by Crippen LogP contribution is 2.59. The van der Waals surface area contributed by atoms with E-state index < -0.39 is 53.7 Å². The van der Waals surface area contributed by atoms with Crippen LogP contribution in [0.4, 0.5) is 0 Å². The van der Waals surface area contributed by atoms with E-state index in [4.69, 9.17) is 9.47 Å². The Kier molecular flexibility index (Phi) is 12.1. The maximum atomic E-state index is 14.6. The summed E-state index contributed by atoms with van der Waals surface area (Å²) >= 11 is 0. The third-order valence-corrected chi connectivity index (χ3v) is 10.5. The molecule has 258 valence electrons. The first kappa shape index (κ1) is 36.3. The van der Waals surface area contributed by atoms with Crippen molar-refractivity contribution in [3.05, 3.63) is 61.2 Å². The van der Waals surface area contributed by atoms with Crippen molar-refractivity contribution in [2.75, 3.05) is 20.2 Å². The van der Waals surface area contributed by atoms with Gasteiger partial charge in [-0.15, -0.1) is 13.2 Å². The molecular formula is C37H53N3O7. The van der Waals surface area contributed by atoms with Crippen molar-refractivity contribution in [3.8, 4) is 0 Å². The number of carbonyl (C=O) groups excluding carboxylic acids is 4. The van der Waals surface area contributed by atoms with Crippen molar-refractivity contribution >= 4 is 23.7 Å². The molecule has 4 rings (SSSR count). The van der Waals surface area contributed by atoms with Crippen LogP contribution in [0, 0.1) is 11.8 Å². The molecule has 1 aromatic carbocycles. The number of ether oxygens (including phenoxy) is 2. The van der Waals surface area contributed by atoms with E-state index in [9.17, 15) is 24.3 Å². The number of benzene rings is 1. The van der Waals surface area contributed by atoms with Crippen LogP contribution >= 0.6 is 0 Å². The van der Waals surface area contributed by atoms with E-state index in [1.54, 1.807) is 29.0 Å². The van der Waals surface area contributed by atoms with Crippen molar-refractivity contribution in [1.29, 1.82) is 0 Å². The molecular weight excluding hydrogens is 598 g/mol. The van der Waals surface area contributed by atoms with E-state index in [0.717, 1.165) is 18.4 Å². The summed E-state index contributed by atoms with van der Waals surface area (Å²) in [5.41, 5.74) is -0.499. The van der Waals surface area contributed by atoms with Crippen LogP contribution in [0.2, 0.25) is 0 Å². The molecule has 0 aliphatic carbocycles. The maximum absolute atomic E-state index is 14.6. The predicted octanol–water partition coefficient (Wildman–Crippen LogP) is 4.43. The summed E-state index contributed by atoms with van der Waals surface area (Å²) in [5, 5.41) is 10.4. The van der Waals surface area contributed by atoms with E-state index in [0.29, 0.717) is 32.2 Å². The van der Waals surface area contributed by atoms with Crippen molar-refractivity contribution in [1.82, 2.24) is 14.7 Å². The normalized spacial score (nSPS) is 27.0. The molecule has 0 radical (unpaired) electrons. The fourth-order valence-corrected chi connectivity index (χ4v) is 7.93. The van der Waals surface area contributed by atoms with Crippen LogP contribution in [-0.4, -0.2) is 99.6 Å². The number of carbonyl (C=O) groups is 4. The number of aliphatic hydroxyl groups excluding tert-OH is 1. The Bertz CT molecular complexity index is 1300. The third-order valence-electron chi connectivity index (χ3n) is 10.5. The molecule has 3 heterocycles. The highest BCUT2D eigenvalue weighted by Gasteiger charge is 2.75. The van der Waals surface area contributed by atoms with Crippen LogP contribution in [0.1, 0.15) is 84.3 Å². The summed E-state index contributed by atoms with van der Waals surface area (Å²) in [6.07, 6.45) is 5.80. The summed E-state index contributed by atoms with van der Waals surface area (Å²) in [4.78, 5) is 61.2. The van der Waals surface area contributed by atoms with Crippen molar-refractivity contribution in [2.24, 2.45) is 11.8 Å². The molecule has 1 aromatic rings. The first-order valence-corrected chi connectivity index (χ1v) is 17.2. The van der Waals surface area contributed by atoms with Gasteiger partial charge in [-0.2, -0.15) is 0 Å². The minimum absolute atomic E-state index is 0.101. The second kappa shape index (κ2) is 15.6. The lowest BCUT2D eigenvalue weighted by molar-refractivity contribution is -0.165. The zero-order chi connectivity index (χ0) is 34.5. The van der Waals surface area contributed by atoms with Crippen molar-refractivity contribution in [3.63, 3.8) is 0 Å². The molecule has 1 unspecified atom stereocenters. The van der Waals surface area contributed by atoms with Gasteiger partial charge in [0.1, 0.15) is 17.7 Å². The molecule has 2 bridgehead atoms. The Labute approximate surface area is 279 Å². The average molecular weight is 652 g/mol. The minimum Gasteiger partial charge on any atom is -0.455 e. The Morgan fingerprint density at radius 3 is 2.47 bits per heavy atom. The van der Waals surface area contributed by atoms with Gasteiger partial charge in [-0.05, 0) is 51.5 Å². The summed E-state index contributed by atoms with van der Waals surface area (Å²) < 4.78 is 12.9. The van der Waals surface area contributed by atoms with Crippen LogP contribution in [0.25, 0.3) is 0 Å². The summed E-state index contributed by atoms with van der Waals surface area (Å²) in [7, 11) is 1.69. The molecule has 10 heteroatoms. The number of amides is 3. The van der Waals surface area contributed by atoms with Crippen LogP contribution in [0.5, 0.6) is 0 Å². The van der Waals surface area contributed by atoms with Gasteiger partial charge < -0.3 is 29.3 Å². The van der Waals surface area contributed by atoms with Gasteiger partial charge in [-0.3, -0.25) is 19.2 Å². The standard InChI is InChI=1S/C37H53N3O7/c1-8-12-19-29(42)38(7)25(6)32(26-17-14-13-15-18-26)46-36(45)30-28-20-21-37(47-28)31(30)34(43)40(27(11-4)23-41)33(37)35(44)39(22-10-3)24(5)16-9-2/h8,10,13-15,17-18,24-25,27-28,30-33,41H,1,3,9,11-12,16,19-23H2,2,4-7H3/t24?,25-,27+,28-,30+,31+,32+,33-,37+/m1/s1. The van der Waals surface area contributed by atoms with E-state index >= 15 is 0 Å². The zero-order valence-corrected chi connectivity index (χ0v) is 28.7. The molecule has 1 spiro atoms. The lowest BCUT2D eigenvalue weighted by atomic mass is 9.70. The van der Waals surface area contributed by atoms with Crippen LogP contribution in [0.3, 0.4) is 0 Å². The topological polar surface area (TPSA) is 117 Å². The number of esters is 1. The van der Waals surface area contributed by atoms with Crippen LogP contribution in [0.15, 0.2) is 55.6 Å². The number of hydrogen-bond donors (Lipinski definition) is 1. The molecule has 3 aliphatic rings. The molecule has 3 amide bonds. The number of nitrogens with zero attached hydrogens (tertiary/aromatic N) is 3. The molecule has 3 saturated heterocycles. The number of fused-ring (bicyclic) bond motifs is 1. The van der Waals surface area contributed by atoms with Gasteiger partial charge in [-0.25, -0.2) is 0 Å². The van der Waals surface area contributed by atoms with Gasteiger partial charge in [0.25, 0.3) is 0 Å². The molecule has 0 aromatic heterocycles. The van der Waals surface area contributed by atoms with Crippen molar-refractivity contribution in [2.45, 2.75) is 115 Å². The number of allylic oxidation sites excluding steroid dienone is 1. The molecule has 1 N–H and O–H groups in total. The fraction of sp³-hybridized carbons (Fsp3) is 0.622. The van der Waals surface area contributed by atoms with Gasteiger partial charge in [0.05, 0.1) is 36.6 Å². The van der Waals surface area contributed by atoms with Crippen molar-refractivity contribution < 1.29 is 33.8 Å². The molecule has 3 aliphatic heterocycles. The second-order valence-electron chi connectivity index (χ2n) is 13.3. The van der Waals surface area contributed by atoms with Crippen LogP contribution < -0.4 is 0 Å². The van der Waals surface area contributed by atoms with E-state index in [-0.39, 0.29) is 36.8 Å². The fourth-order valence-electron chi connectivity index (χ4n) is 7.93. The zero-order valence-electron chi connectivity index (χ0n) is 28.7. The number of rotatable bonds is 17. The van der Waals surface area contributed by atoms with E-state index in [1.807, 2.05) is 51.1 Å². The van der Waals surface area contributed by atoms with Gasteiger partial charge in [0, 0.05) is 26.1 Å². The Morgan fingerprint density at radius 2 is 1.87 bits per heavy atom. The largest absolute Gasteiger partial charge is 0.455 e. The number of likely N-dealkylation sites (N-methyl/N-ethyl adjacent to an activating group) is 1. The Morgan fingerprint density at radius 1 is 1.17 bits per heavy atom. The smallest absolute Gasteiger partial charge is 0.313 e. The molecule has 0 saturated carbocycles. The minimum atomic E-state index is -1.22. The first-order chi connectivity index (χ1) is 22.5. The van der Waals surface area contributed by atoms with Crippen LogP contribution in [-0.2, 0) is 28.7 Å². The molecule has 9 atom stereocenters. The Balaban J connectivity index is 1.71. The van der Waals surface area contributed by atoms with Gasteiger partial charge in [-0.1, -0.05) is 62.8 Å². The molecule has 47 heavy (non-hydrogen) atoms. The highest BCUT2D eigenvalue weighted by atomic mass is 16.6. The number of aliphatic hydroxyl groups is 1. The lowest BCUT2D eigenvalue weighted by Gasteiger charge is -2.40. The second-order valence-corrected chi connectivity index (χ2v) is 13.3. The van der Waals surface area contributed by atoms with E-state index in [2.05, 4.69) is 20.1 Å². The SMILES string of the molecule is C=CCCC(=O)N(C)[C@H](C)[C@H](OC(=O)[C@@H]1[C@H]2C(=O)N([C@@H](CC)CO)[C@H](C(=O)N(CC=C)C(C)CCC)[C@]23CC[C@H]1O3)c1ccccc1. The Hall–Kier alpha value is -3.50. The maximum Gasteiger partial charge on any atom is 0.313 e. The van der Waals surface area contributed by atoms with Gasteiger partial charge in [0.2, 0.25) is 17.7 Å². The number of likely N-dealkylation sites (tertiary alicyclic amines) is 1. The predicted molar refractivity (Wildman–Crippen MR) is 179 cm³/mol. The molecule has 10 nitrogen and oxygen atoms in total. The lowest BCUT2D eigenvalue weighted by Crippen LogP contribution is -2.60. The average Bonchev–Trinajstić information content (AvgIpc) is 3.72. The van der Waals surface area contributed by atoms with Gasteiger partial charge >= 0.3 is 5.97 Å². The summed E-state index contributed by atoms with van der Waals surface area (Å²) in [6, 6.07) is 7.05. The van der Waals surface area contributed by atoms with Gasteiger partial charge in [0.15, 0.2) is 0 Å². The third kappa shape index (κ3) is 6.77. The first-order valence-electron chi connectivity index (χ1n) is 17.2. The quantitative estimate of drug-likeness (QED) is 0.196. The molecule has 3 fully saturated rings. The summed E-state index contributed by atoms with van der Waals surface area (Å²) in [5.74, 6) is -3.18. The summed E-state index contributed by atoms with van der Waals surface area (Å²) in [6.45, 7) is 15.3. The monoisotopic (exact) mass is 651 g/mol. The number of hydrogen-bond acceptors (Lipinski definition) is 7. The highest BCUT2D eigenvalue weighted by molar-refractivity contribution is 5.98. The van der Waals surface area contributed by atoms with E-state index in [1.165, 1.54) is 4.90 Å².